The predicted octanol–water partition coefficient (Wildman–Crippen LogP) is 3.47. The van der Waals surface area contributed by atoms with Gasteiger partial charge in [0.2, 0.25) is 0 Å². The Morgan fingerprint density at radius 1 is 1.29 bits per heavy atom. The molecule has 1 aromatic carbocycles. The standard InChI is InChI=1S/C16H19ClN2O2/c1-3-18-14(16-15(20-2)8-5-9-19-16)11-21-13-7-4-6-12(17)10-13/h4-10,14,18H,3,11H2,1-2H3. The van der Waals surface area contributed by atoms with Crippen LogP contribution in [0.1, 0.15) is 18.7 Å². The molecule has 0 fully saturated rings. The zero-order valence-electron chi connectivity index (χ0n) is 12.2. The number of hydrogen-bond acceptors (Lipinski definition) is 4. The molecule has 0 aliphatic carbocycles. The lowest BCUT2D eigenvalue weighted by Crippen LogP contribution is -2.27. The van der Waals surface area contributed by atoms with Gasteiger partial charge in [0.1, 0.15) is 23.8 Å². The van der Waals surface area contributed by atoms with Crippen LogP contribution in [0, 0.1) is 0 Å². The first kappa shape index (κ1) is 15.6. The van der Waals surface area contributed by atoms with Crippen LogP contribution in [0.3, 0.4) is 0 Å². The molecule has 1 atom stereocenters. The molecule has 0 radical (unpaired) electrons. The molecule has 112 valence electrons. The molecule has 4 nitrogen and oxygen atoms in total. The van der Waals surface area contributed by atoms with Crippen LogP contribution in [0.4, 0.5) is 0 Å². The second-order valence-electron chi connectivity index (χ2n) is 4.47. The SMILES string of the molecule is CCNC(COc1cccc(Cl)c1)c1ncccc1OC. The van der Waals surface area contributed by atoms with Gasteiger partial charge in [-0.2, -0.15) is 0 Å². The minimum atomic E-state index is -0.0508. The molecule has 0 aliphatic heterocycles. The van der Waals surface area contributed by atoms with E-state index in [1.54, 1.807) is 19.4 Å². The third-order valence-electron chi connectivity index (χ3n) is 3.01. The number of halogens is 1. The molecular formula is C16H19ClN2O2. The van der Waals surface area contributed by atoms with Crippen LogP contribution in [-0.2, 0) is 0 Å². The van der Waals surface area contributed by atoms with Crippen LogP contribution in [-0.4, -0.2) is 25.2 Å². The smallest absolute Gasteiger partial charge is 0.142 e. The number of nitrogens with zero attached hydrogens (tertiary/aromatic N) is 1. The van der Waals surface area contributed by atoms with Gasteiger partial charge in [0.05, 0.1) is 13.2 Å². The number of ether oxygens (including phenoxy) is 2. The Morgan fingerprint density at radius 2 is 2.14 bits per heavy atom. The lowest BCUT2D eigenvalue weighted by Gasteiger charge is -2.20. The van der Waals surface area contributed by atoms with E-state index in [0.717, 1.165) is 23.7 Å². The van der Waals surface area contributed by atoms with Crippen molar-refractivity contribution < 1.29 is 9.47 Å². The van der Waals surface area contributed by atoms with Crippen molar-refractivity contribution in [3.8, 4) is 11.5 Å². The first-order chi connectivity index (χ1) is 10.2. The summed E-state index contributed by atoms with van der Waals surface area (Å²) in [4.78, 5) is 4.40. The Kier molecular flexibility index (Phi) is 5.84. The Morgan fingerprint density at radius 3 is 2.86 bits per heavy atom. The Bertz CT molecular complexity index is 578. The average molecular weight is 307 g/mol. The minimum absolute atomic E-state index is 0.0508. The first-order valence-electron chi connectivity index (χ1n) is 6.85. The van der Waals surface area contributed by atoms with Gasteiger partial charge in [-0.1, -0.05) is 24.6 Å². The van der Waals surface area contributed by atoms with Gasteiger partial charge in [-0.05, 0) is 36.9 Å². The van der Waals surface area contributed by atoms with E-state index in [0.29, 0.717) is 11.6 Å². The number of nitrogens with one attached hydrogen (secondary N) is 1. The summed E-state index contributed by atoms with van der Waals surface area (Å²) in [7, 11) is 1.64. The second kappa shape index (κ2) is 7.86. The molecule has 0 saturated heterocycles. The van der Waals surface area contributed by atoms with Crippen molar-refractivity contribution in [1.29, 1.82) is 0 Å². The number of pyridine rings is 1. The molecule has 21 heavy (non-hydrogen) atoms. The zero-order chi connectivity index (χ0) is 15.1. The van der Waals surface area contributed by atoms with Gasteiger partial charge in [0.25, 0.3) is 0 Å². The number of aromatic nitrogens is 1. The maximum Gasteiger partial charge on any atom is 0.142 e. The van der Waals surface area contributed by atoms with Gasteiger partial charge in [0.15, 0.2) is 0 Å². The van der Waals surface area contributed by atoms with E-state index in [9.17, 15) is 0 Å². The van der Waals surface area contributed by atoms with Gasteiger partial charge in [-0.25, -0.2) is 0 Å². The maximum atomic E-state index is 5.96. The quantitative estimate of drug-likeness (QED) is 0.850. The van der Waals surface area contributed by atoms with Crippen LogP contribution >= 0.6 is 11.6 Å². The summed E-state index contributed by atoms with van der Waals surface area (Å²) >= 11 is 5.96. The van der Waals surface area contributed by atoms with Gasteiger partial charge in [-0.15, -0.1) is 0 Å². The number of likely N-dealkylation sites (N-methyl/N-ethyl adjacent to an activating group) is 1. The fourth-order valence-corrected chi connectivity index (χ4v) is 2.23. The minimum Gasteiger partial charge on any atom is -0.495 e. The third kappa shape index (κ3) is 4.34. The molecule has 1 heterocycles. The highest BCUT2D eigenvalue weighted by molar-refractivity contribution is 6.30. The van der Waals surface area contributed by atoms with E-state index in [2.05, 4.69) is 10.3 Å². The Labute approximate surface area is 130 Å². The summed E-state index contributed by atoms with van der Waals surface area (Å²) in [6, 6.07) is 11.0. The van der Waals surface area contributed by atoms with Crippen LogP contribution in [0.25, 0.3) is 0 Å². The Hall–Kier alpha value is -1.78. The molecule has 0 bridgehead atoms. The molecule has 0 aliphatic rings. The summed E-state index contributed by atoms with van der Waals surface area (Å²) in [6.07, 6.45) is 1.75. The fraction of sp³-hybridized carbons (Fsp3) is 0.312. The lowest BCUT2D eigenvalue weighted by atomic mass is 10.2. The highest BCUT2D eigenvalue weighted by atomic mass is 35.5. The Balaban J connectivity index is 2.12. The third-order valence-corrected chi connectivity index (χ3v) is 3.25. The number of methoxy groups -OCH3 is 1. The monoisotopic (exact) mass is 306 g/mol. The van der Waals surface area contributed by atoms with Crippen molar-refractivity contribution in [1.82, 2.24) is 10.3 Å². The number of hydrogen-bond donors (Lipinski definition) is 1. The summed E-state index contributed by atoms with van der Waals surface area (Å²) in [5, 5.41) is 4.01. The largest absolute Gasteiger partial charge is 0.495 e. The van der Waals surface area contributed by atoms with E-state index in [1.165, 1.54) is 0 Å². The molecule has 0 amide bonds. The molecule has 5 heteroatoms. The van der Waals surface area contributed by atoms with Crippen molar-refractivity contribution in [2.24, 2.45) is 0 Å². The fourth-order valence-electron chi connectivity index (χ4n) is 2.05. The van der Waals surface area contributed by atoms with Gasteiger partial charge in [0, 0.05) is 11.2 Å². The molecule has 0 saturated carbocycles. The van der Waals surface area contributed by atoms with E-state index in [1.807, 2.05) is 37.3 Å². The predicted molar refractivity (Wildman–Crippen MR) is 84.2 cm³/mol. The molecule has 1 aromatic heterocycles. The molecule has 0 spiro atoms. The molecular weight excluding hydrogens is 288 g/mol. The van der Waals surface area contributed by atoms with Crippen LogP contribution in [0.2, 0.25) is 5.02 Å². The highest BCUT2D eigenvalue weighted by Gasteiger charge is 2.17. The molecule has 2 rings (SSSR count). The van der Waals surface area contributed by atoms with Crippen molar-refractivity contribution in [2.45, 2.75) is 13.0 Å². The molecule has 1 unspecified atom stereocenters. The highest BCUT2D eigenvalue weighted by Crippen LogP contribution is 2.24. The van der Waals surface area contributed by atoms with Crippen molar-refractivity contribution in [3.05, 3.63) is 53.3 Å². The van der Waals surface area contributed by atoms with E-state index >= 15 is 0 Å². The first-order valence-corrected chi connectivity index (χ1v) is 7.23. The number of rotatable bonds is 7. The van der Waals surface area contributed by atoms with Crippen molar-refractivity contribution in [3.63, 3.8) is 0 Å². The van der Waals surface area contributed by atoms with Crippen LogP contribution in [0.5, 0.6) is 11.5 Å². The van der Waals surface area contributed by atoms with Crippen molar-refractivity contribution >= 4 is 11.6 Å². The molecule has 1 N–H and O–H groups in total. The molecule has 2 aromatic rings. The van der Waals surface area contributed by atoms with Gasteiger partial charge < -0.3 is 14.8 Å². The van der Waals surface area contributed by atoms with Crippen molar-refractivity contribution in [2.75, 3.05) is 20.3 Å². The maximum absolute atomic E-state index is 5.96. The lowest BCUT2D eigenvalue weighted by molar-refractivity contribution is 0.261. The average Bonchev–Trinajstić information content (AvgIpc) is 2.51. The summed E-state index contributed by atoms with van der Waals surface area (Å²) < 4.78 is 11.2. The topological polar surface area (TPSA) is 43.4 Å². The summed E-state index contributed by atoms with van der Waals surface area (Å²) in [5.74, 6) is 1.48. The van der Waals surface area contributed by atoms with Gasteiger partial charge >= 0.3 is 0 Å². The second-order valence-corrected chi connectivity index (χ2v) is 4.91. The van der Waals surface area contributed by atoms with Gasteiger partial charge in [-0.3, -0.25) is 4.98 Å². The van der Waals surface area contributed by atoms with E-state index < -0.39 is 0 Å². The van der Waals surface area contributed by atoms with Crippen LogP contribution < -0.4 is 14.8 Å². The zero-order valence-corrected chi connectivity index (χ0v) is 12.9. The summed E-state index contributed by atoms with van der Waals surface area (Å²) in [5.41, 5.74) is 0.837. The number of benzene rings is 1. The van der Waals surface area contributed by atoms with E-state index in [-0.39, 0.29) is 6.04 Å². The van der Waals surface area contributed by atoms with E-state index in [4.69, 9.17) is 21.1 Å². The summed E-state index contributed by atoms with van der Waals surface area (Å²) in [6.45, 7) is 3.30. The normalized spacial score (nSPS) is 12.0. The van der Waals surface area contributed by atoms with Crippen LogP contribution in [0.15, 0.2) is 42.6 Å².